The second-order valence-corrected chi connectivity index (χ2v) is 8.93. The third-order valence-electron chi connectivity index (χ3n) is 6.13. The monoisotopic (exact) mass is 498 g/mol. The van der Waals surface area contributed by atoms with Gasteiger partial charge in [-0.3, -0.25) is 0 Å². The number of aromatic nitrogens is 3. The summed E-state index contributed by atoms with van der Waals surface area (Å²) in [5, 5.41) is 0.604. The molecule has 4 aromatic rings. The number of imidazole rings is 1. The van der Waals surface area contributed by atoms with E-state index in [0.29, 0.717) is 71.2 Å². The van der Waals surface area contributed by atoms with E-state index in [-0.39, 0.29) is 6.10 Å². The van der Waals surface area contributed by atoms with Gasteiger partial charge in [0.25, 0.3) is 0 Å². The van der Waals surface area contributed by atoms with Gasteiger partial charge < -0.3 is 23.2 Å². The van der Waals surface area contributed by atoms with Crippen LogP contribution < -0.4 is 5.30 Å². The Balaban J connectivity index is 1.59. The predicted molar refractivity (Wildman–Crippen MR) is 131 cm³/mol. The zero-order valence-electron chi connectivity index (χ0n) is 19.2. The Morgan fingerprint density at radius 3 is 2.91 bits per heavy atom. The van der Waals surface area contributed by atoms with Gasteiger partial charge in [-0.25, -0.2) is 18.7 Å². The molecule has 10 heteroatoms. The Morgan fingerprint density at radius 1 is 1.34 bits per heavy atom. The van der Waals surface area contributed by atoms with Crippen LogP contribution in [0.1, 0.15) is 11.3 Å². The topological polar surface area (TPSA) is 65.0 Å². The molecule has 4 heterocycles. The summed E-state index contributed by atoms with van der Waals surface area (Å²) >= 11 is 0. The van der Waals surface area contributed by atoms with Crippen LogP contribution in [-0.2, 0) is 22.6 Å². The Labute approximate surface area is 203 Å². The molecule has 1 aliphatic rings. The summed E-state index contributed by atoms with van der Waals surface area (Å²) in [6, 6.07) is 6.55. The van der Waals surface area contributed by atoms with Crippen LogP contribution in [0.15, 0.2) is 59.8 Å². The van der Waals surface area contributed by atoms with E-state index in [4.69, 9.17) is 18.9 Å². The summed E-state index contributed by atoms with van der Waals surface area (Å²) in [6.07, 6.45) is 4.99. The molecule has 0 spiro atoms. The molecule has 2 atom stereocenters. The number of hydrogen-bond donors (Lipinski definition) is 0. The molecule has 35 heavy (non-hydrogen) atoms. The normalized spacial score (nSPS) is 16.1. The SMILES string of the molecule is C=C(OC)N1CCOC(Cc2c(-c3c(F)cc(-c4ncco4)cc3P)nc3cc(CF)ccn23)C1. The van der Waals surface area contributed by atoms with Crippen molar-refractivity contribution in [2.24, 2.45) is 0 Å². The van der Waals surface area contributed by atoms with Crippen LogP contribution in [0.4, 0.5) is 8.78 Å². The number of methoxy groups -OCH3 is 1. The molecule has 0 amide bonds. The van der Waals surface area contributed by atoms with Crippen LogP contribution in [0.2, 0.25) is 0 Å². The number of alkyl halides is 1. The lowest BCUT2D eigenvalue weighted by Gasteiger charge is -2.34. The number of oxazole rings is 1. The Bertz CT molecular complexity index is 1350. The van der Waals surface area contributed by atoms with Gasteiger partial charge in [0.15, 0.2) is 5.88 Å². The van der Waals surface area contributed by atoms with Gasteiger partial charge in [0.2, 0.25) is 5.89 Å². The molecule has 2 unspecified atom stereocenters. The third kappa shape index (κ3) is 4.54. The average Bonchev–Trinajstić information content (AvgIpc) is 3.52. The molecule has 1 saturated heterocycles. The van der Waals surface area contributed by atoms with E-state index >= 15 is 4.39 Å². The maximum Gasteiger partial charge on any atom is 0.225 e. The van der Waals surface area contributed by atoms with Gasteiger partial charge >= 0.3 is 0 Å². The summed E-state index contributed by atoms with van der Waals surface area (Å²) in [7, 11) is 4.16. The van der Waals surface area contributed by atoms with Crippen LogP contribution in [0.3, 0.4) is 0 Å². The molecule has 7 nitrogen and oxygen atoms in total. The van der Waals surface area contributed by atoms with Crippen LogP contribution in [0.25, 0.3) is 28.4 Å². The fraction of sp³-hybridized carbons (Fsp3) is 0.280. The highest BCUT2D eigenvalue weighted by Gasteiger charge is 2.27. The van der Waals surface area contributed by atoms with Gasteiger partial charge in [-0.15, -0.1) is 9.24 Å². The molecular weight excluding hydrogens is 473 g/mol. The Kier molecular flexibility index (Phi) is 6.54. The van der Waals surface area contributed by atoms with Crippen molar-refractivity contribution in [2.45, 2.75) is 19.2 Å². The van der Waals surface area contributed by atoms with E-state index in [1.807, 2.05) is 9.30 Å². The highest BCUT2D eigenvalue weighted by Crippen LogP contribution is 2.32. The van der Waals surface area contributed by atoms with Crippen LogP contribution in [0, 0.1) is 5.82 Å². The number of morpholine rings is 1. The second kappa shape index (κ2) is 9.76. The maximum absolute atomic E-state index is 15.6. The molecule has 0 aliphatic carbocycles. The highest BCUT2D eigenvalue weighted by atomic mass is 31.0. The first-order chi connectivity index (χ1) is 17.0. The third-order valence-corrected chi connectivity index (χ3v) is 6.58. The Hall–Kier alpha value is -3.29. The zero-order chi connectivity index (χ0) is 24.5. The maximum atomic E-state index is 15.6. The van der Waals surface area contributed by atoms with Crippen molar-refractivity contribution in [1.29, 1.82) is 0 Å². The van der Waals surface area contributed by atoms with E-state index in [9.17, 15) is 4.39 Å². The summed E-state index contributed by atoms with van der Waals surface area (Å²) in [5.41, 5.74) is 3.17. The minimum Gasteiger partial charge on any atom is -0.483 e. The van der Waals surface area contributed by atoms with Crippen molar-refractivity contribution in [2.75, 3.05) is 26.8 Å². The van der Waals surface area contributed by atoms with Gasteiger partial charge in [-0.2, -0.15) is 0 Å². The smallest absolute Gasteiger partial charge is 0.225 e. The van der Waals surface area contributed by atoms with E-state index in [1.54, 1.807) is 31.5 Å². The molecule has 1 fully saturated rings. The van der Waals surface area contributed by atoms with Gasteiger partial charge in [-0.1, -0.05) is 0 Å². The quantitative estimate of drug-likeness (QED) is 0.282. The number of fused-ring (bicyclic) bond motifs is 1. The lowest BCUT2D eigenvalue weighted by molar-refractivity contribution is -0.0342. The van der Waals surface area contributed by atoms with Crippen molar-refractivity contribution >= 4 is 20.2 Å². The van der Waals surface area contributed by atoms with Gasteiger partial charge in [-0.05, 0) is 41.7 Å². The van der Waals surface area contributed by atoms with E-state index < -0.39 is 12.5 Å². The number of ether oxygens (including phenoxy) is 2. The fourth-order valence-corrected chi connectivity index (χ4v) is 4.85. The molecule has 182 valence electrons. The first-order valence-electron chi connectivity index (χ1n) is 11.1. The first-order valence-corrected chi connectivity index (χ1v) is 11.7. The molecule has 5 rings (SSSR count). The highest BCUT2D eigenvalue weighted by molar-refractivity contribution is 7.28. The van der Waals surface area contributed by atoms with Gasteiger partial charge in [0.05, 0.1) is 37.4 Å². The molecule has 1 aromatic carbocycles. The lowest BCUT2D eigenvalue weighted by Crippen LogP contribution is -2.43. The van der Waals surface area contributed by atoms with Crippen molar-refractivity contribution in [3.05, 3.63) is 72.5 Å². The number of benzene rings is 1. The van der Waals surface area contributed by atoms with Crippen molar-refractivity contribution in [3.8, 4) is 22.7 Å². The van der Waals surface area contributed by atoms with E-state index in [0.717, 1.165) is 5.69 Å². The van der Waals surface area contributed by atoms with Crippen molar-refractivity contribution < 1.29 is 22.7 Å². The number of rotatable bonds is 7. The molecule has 3 aromatic heterocycles. The molecule has 0 radical (unpaired) electrons. The van der Waals surface area contributed by atoms with Gasteiger partial charge in [0, 0.05) is 36.8 Å². The lowest BCUT2D eigenvalue weighted by atomic mass is 10.0. The van der Waals surface area contributed by atoms with E-state index in [2.05, 4.69) is 20.8 Å². The minimum absolute atomic E-state index is 0.197. The van der Waals surface area contributed by atoms with E-state index in [1.165, 1.54) is 18.5 Å². The number of hydrogen-bond acceptors (Lipinski definition) is 6. The molecule has 1 aliphatic heterocycles. The van der Waals surface area contributed by atoms with Gasteiger partial charge in [0.1, 0.15) is 24.4 Å². The second-order valence-electron chi connectivity index (χ2n) is 8.30. The van der Waals surface area contributed by atoms with Crippen molar-refractivity contribution in [1.82, 2.24) is 19.3 Å². The van der Waals surface area contributed by atoms with Crippen molar-refractivity contribution in [3.63, 3.8) is 0 Å². The van der Waals surface area contributed by atoms with Crippen LogP contribution >= 0.6 is 9.24 Å². The molecular formula is C25H25F2N4O3P. The average molecular weight is 498 g/mol. The summed E-state index contributed by atoms with van der Waals surface area (Å²) in [4.78, 5) is 10.9. The largest absolute Gasteiger partial charge is 0.483 e. The number of pyridine rings is 1. The minimum atomic E-state index is -0.609. The van der Waals surface area contributed by atoms with Crippen LogP contribution in [0.5, 0.6) is 0 Å². The summed E-state index contributed by atoms with van der Waals surface area (Å²) in [5.74, 6) is 0.445. The summed E-state index contributed by atoms with van der Waals surface area (Å²) in [6.45, 7) is 5.10. The Morgan fingerprint density at radius 2 is 2.20 bits per heavy atom. The fourth-order valence-electron chi connectivity index (χ4n) is 4.40. The molecule has 0 bridgehead atoms. The molecule has 0 saturated carbocycles. The standard InChI is InChI=1S/C25H25F2N4O3P/c1-15(32-2)30-6-8-33-18(14-30)12-20-24(29-22-9-16(13-26)3-5-31(20)22)23-19(27)10-17(11-21(23)35)25-28-4-7-34-25/h3-5,7,9-11,18H,1,6,8,12-14,35H2,2H3. The number of halogens is 2. The predicted octanol–water partition coefficient (Wildman–Crippen LogP) is 4.13. The first kappa shape index (κ1) is 23.5. The van der Waals surface area contributed by atoms with Crippen LogP contribution in [-0.4, -0.2) is 52.2 Å². The zero-order valence-corrected chi connectivity index (χ0v) is 20.4. The number of nitrogens with zero attached hydrogens (tertiary/aromatic N) is 4. The summed E-state index contributed by atoms with van der Waals surface area (Å²) < 4.78 is 47.5. The molecule has 0 N–H and O–H groups in total.